The smallest absolute Gasteiger partial charge is 0.408 e. The number of aliphatic hydroxyl groups excluding tert-OH is 1. The highest BCUT2D eigenvalue weighted by molar-refractivity contribution is 5.92. The SMILES string of the molecule is CC[C@H]1OC(=O)[C@H](C)[C@@H](O[C@H]2C[C@@](C)(OC)[C@@H](OCCCNCCNc3nc4c(cc3F)c(=O)c(C(=O)O)cn4CC)[C@H](C)O2)[C@H](C)[C@@H](O[C@@H]2O[C@H](C)CC(N(C)C)[C@H]2O)[C@](C)(OC)C[C@@H](C)C(=O)[C@H](C)[C@H]2NC(=O)O[C@@]21C. The summed E-state index contributed by atoms with van der Waals surface area (Å²) in [5, 5.41) is 30.3. The number of esters is 1. The zero-order chi connectivity index (χ0) is 57.8. The third-order valence-corrected chi connectivity index (χ3v) is 16.8. The van der Waals surface area contributed by atoms with Crippen LogP contribution in [-0.4, -0.2) is 187 Å². The van der Waals surface area contributed by atoms with Crippen molar-refractivity contribution in [2.24, 2.45) is 23.7 Å². The lowest BCUT2D eigenvalue weighted by atomic mass is 9.73. The fourth-order valence-corrected chi connectivity index (χ4v) is 12.2. The van der Waals surface area contributed by atoms with Crippen LogP contribution in [0.1, 0.15) is 119 Å². The van der Waals surface area contributed by atoms with Gasteiger partial charge in [0.05, 0.1) is 53.0 Å². The van der Waals surface area contributed by atoms with Gasteiger partial charge in [-0.1, -0.05) is 27.7 Å². The third kappa shape index (κ3) is 13.3. The van der Waals surface area contributed by atoms with Gasteiger partial charge in [0.25, 0.3) is 0 Å². The van der Waals surface area contributed by atoms with E-state index in [0.29, 0.717) is 45.6 Å². The number of aromatic carboxylic acids is 1. The summed E-state index contributed by atoms with van der Waals surface area (Å²) in [4.78, 5) is 73.0. The van der Waals surface area contributed by atoms with Gasteiger partial charge in [-0.15, -0.1) is 0 Å². The summed E-state index contributed by atoms with van der Waals surface area (Å²) in [5.74, 6) is -6.25. The number of nitrogens with zero attached hydrogens (tertiary/aromatic N) is 3. The number of pyridine rings is 2. The van der Waals surface area contributed by atoms with Gasteiger partial charge in [0.15, 0.2) is 29.8 Å². The van der Waals surface area contributed by atoms with Crippen molar-refractivity contribution < 1.29 is 76.4 Å². The maximum absolute atomic E-state index is 15.1. The van der Waals surface area contributed by atoms with E-state index < -0.39 is 131 Å². The number of aryl methyl sites for hydroxylation is 1. The van der Waals surface area contributed by atoms with Crippen LogP contribution in [0.15, 0.2) is 17.1 Å². The Morgan fingerprint density at radius 2 is 1.63 bits per heavy atom. The van der Waals surface area contributed by atoms with Crippen molar-refractivity contribution in [3.8, 4) is 0 Å². The highest BCUT2D eigenvalue weighted by atomic mass is 19.1. The molecule has 18 atom stereocenters. The Morgan fingerprint density at radius 3 is 2.26 bits per heavy atom. The van der Waals surface area contributed by atoms with Crippen molar-refractivity contribution in [3.05, 3.63) is 33.9 Å². The van der Waals surface area contributed by atoms with E-state index in [1.54, 1.807) is 34.8 Å². The van der Waals surface area contributed by atoms with Gasteiger partial charge in [0.2, 0.25) is 5.43 Å². The molecule has 0 aliphatic carbocycles. The first kappa shape index (κ1) is 62.8. The monoisotopic (exact) mass is 1110 g/mol. The summed E-state index contributed by atoms with van der Waals surface area (Å²) >= 11 is 0. The van der Waals surface area contributed by atoms with Crippen molar-refractivity contribution in [1.82, 2.24) is 25.1 Å². The number of amides is 1. The van der Waals surface area contributed by atoms with E-state index in [1.807, 2.05) is 67.5 Å². The van der Waals surface area contributed by atoms with Crippen molar-refractivity contribution in [3.63, 3.8) is 0 Å². The summed E-state index contributed by atoms with van der Waals surface area (Å²) < 4.78 is 75.0. The minimum Gasteiger partial charge on any atom is -0.477 e. The van der Waals surface area contributed by atoms with E-state index in [2.05, 4.69) is 20.9 Å². The van der Waals surface area contributed by atoms with Crippen LogP contribution in [0.2, 0.25) is 0 Å². The molecule has 4 fully saturated rings. The Morgan fingerprint density at radius 1 is 0.949 bits per heavy atom. The standard InChI is InChI=1S/C55H87FN6O16/c1-16-38-55(11)44(59-52(69)78-55)30(5)40(63)28(3)25-53(9,70-14)45(77-51-42(65)37(61(12)13)23-29(4)73-51)31(6)43(32(7)50(68)75-38)76-39-26-54(10,71-15)46(33(8)74-39)72-22-18-19-57-20-21-58-47-36(56)24-34-41(64)35(49(66)67)27-62(17-2)48(34)60-47/h24,27-33,37-39,42-46,51,57,65H,16-23,25-26H2,1-15H3,(H,58,60)(H,59,69)(H,66,67)/t28-,29-,30+,31+,32-,33+,37?,38-,39+,42-,43+,44-,45-,46+,51+,53-,54-,55-/m1/s1. The summed E-state index contributed by atoms with van der Waals surface area (Å²) in [6, 6.07) is -0.147. The first-order chi connectivity index (χ1) is 36.7. The van der Waals surface area contributed by atoms with Gasteiger partial charge < -0.3 is 78.3 Å². The molecule has 4 saturated heterocycles. The zero-order valence-electron chi connectivity index (χ0n) is 48.2. The molecule has 4 aliphatic heterocycles. The largest absolute Gasteiger partial charge is 0.477 e. The number of hydrogen-bond donors (Lipinski definition) is 5. The zero-order valence-corrected chi connectivity index (χ0v) is 48.2. The second-order valence-electron chi connectivity index (χ2n) is 22.7. The highest BCUT2D eigenvalue weighted by Gasteiger charge is 2.58. The number of ketones is 1. The lowest BCUT2D eigenvalue weighted by Crippen LogP contribution is -2.61. The van der Waals surface area contributed by atoms with Crippen molar-refractivity contribution in [1.29, 1.82) is 0 Å². The quantitative estimate of drug-likeness (QED) is 0.0927. The summed E-state index contributed by atoms with van der Waals surface area (Å²) in [6.45, 7) is 21.8. The number of methoxy groups -OCH3 is 2. The average molecular weight is 1110 g/mol. The number of anilines is 1. The first-order valence-corrected chi connectivity index (χ1v) is 27.5. The molecule has 23 heteroatoms. The first-order valence-electron chi connectivity index (χ1n) is 27.5. The summed E-state index contributed by atoms with van der Waals surface area (Å²) in [6.07, 6.45) is -5.44. The van der Waals surface area contributed by atoms with Gasteiger partial charge in [-0.25, -0.2) is 19.0 Å². The number of halogens is 1. The van der Waals surface area contributed by atoms with Gasteiger partial charge >= 0.3 is 18.0 Å². The molecule has 0 radical (unpaired) electrons. The van der Waals surface area contributed by atoms with Crippen LogP contribution in [0.5, 0.6) is 0 Å². The molecule has 0 bridgehead atoms. The Bertz CT molecular complexity index is 2490. The molecule has 0 spiro atoms. The number of alkyl carbamates (subject to hydrolysis) is 1. The van der Waals surface area contributed by atoms with Gasteiger partial charge in [-0.3, -0.25) is 14.4 Å². The Balaban J connectivity index is 1.19. The van der Waals surface area contributed by atoms with Crippen LogP contribution in [0.4, 0.5) is 15.0 Å². The molecule has 440 valence electrons. The number of carboxylic acid groups (broad SMARTS) is 1. The van der Waals surface area contributed by atoms with E-state index in [0.717, 1.165) is 6.07 Å². The van der Waals surface area contributed by atoms with Gasteiger partial charge in [0, 0.05) is 76.9 Å². The normalized spacial score (nSPS) is 37.1. The number of aliphatic hydroxyl groups is 1. The van der Waals surface area contributed by atoms with Crippen molar-refractivity contribution in [2.75, 3.05) is 59.9 Å². The Kier molecular flexibility index (Phi) is 20.9. The van der Waals surface area contributed by atoms with Crippen LogP contribution in [0.3, 0.4) is 0 Å². The molecule has 1 amide bonds. The second-order valence-corrected chi connectivity index (χ2v) is 22.7. The van der Waals surface area contributed by atoms with Crippen LogP contribution in [0, 0.1) is 29.5 Å². The number of ether oxygens (including phenoxy) is 9. The third-order valence-electron chi connectivity index (χ3n) is 16.8. The molecule has 5 N–H and O–H groups in total. The molecule has 6 heterocycles. The summed E-state index contributed by atoms with van der Waals surface area (Å²) in [7, 11) is 6.88. The Labute approximate surface area is 457 Å². The molecular formula is C55H87FN6O16. The summed E-state index contributed by atoms with van der Waals surface area (Å²) in [5.41, 5.74) is -4.73. The molecule has 6 rings (SSSR count). The molecule has 78 heavy (non-hydrogen) atoms. The average Bonchev–Trinajstić information content (AvgIpc) is 3.78. The number of rotatable bonds is 19. The number of carbonyl (C=O) groups is 4. The van der Waals surface area contributed by atoms with Gasteiger partial charge in [-0.2, -0.15) is 0 Å². The second kappa shape index (κ2) is 26.0. The van der Waals surface area contributed by atoms with Crippen LogP contribution >= 0.6 is 0 Å². The van der Waals surface area contributed by atoms with Gasteiger partial charge in [-0.05, 0) is 101 Å². The molecule has 2 aromatic rings. The number of cyclic esters (lactones) is 1. The van der Waals surface area contributed by atoms with Gasteiger partial charge in [0.1, 0.15) is 35.3 Å². The maximum Gasteiger partial charge on any atom is 0.408 e. The van der Waals surface area contributed by atoms with E-state index >= 15 is 4.39 Å². The fourth-order valence-electron chi connectivity index (χ4n) is 12.2. The molecule has 0 saturated carbocycles. The number of likely N-dealkylation sites (N-methyl/N-ethyl adjacent to an activating group) is 1. The molecular weight excluding hydrogens is 1020 g/mol. The Hall–Kier alpha value is -4.43. The van der Waals surface area contributed by atoms with Crippen LogP contribution < -0.4 is 21.4 Å². The topological polar surface area (TPSA) is 266 Å². The van der Waals surface area contributed by atoms with E-state index in [9.17, 15) is 34.2 Å². The molecule has 2 aromatic heterocycles. The highest BCUT2D eigenvalue weighted by Crippen LogP contribution is 2.43. The molecule has 1 unspecified atom stereocenters. The maximum atomic E-state index is 15.1. The van der Waals surface area contributed by atoms with E-state index in [1.165, 1.54) is 17.9 Å². The number of fused-ring (bicyclic) bond motifs is 2. The lowest BCUT2D eigenvalue weighted by molar-refractivity contribution is -0.322. The number of carbonyl (C=O) groups excluding carboxylic acids is 3. The number of Topliss-reactive ketones (excluding diaryl/α,β-unsaturated/α-hetero) is 1. The number of carboxylic acids is 1. The molecule has 4 aliphatic rings. The fraction of sp³-hybridized carbons (Fsp3) is 0.782. The van der Waals surface area contributed by atoms with Crippen LogP contribution in [-0.2, 0) is 58.8 Å². The number of aromatic nitrogens is 2. The predicted octanol–water partition coefficient (Wildman–Crippen LogP) is 4.88. The lowest BCUT2D eigenvalue weighted by Gasteiger charge is -2.50. The van der Waals surface area contributed by atoms with E-state index in [4.69, 9.17) is 42.6 Å². The minimum absolute atomic E-state index is 0.0654. The number of hydrogen-bond acceptors (Lipinski definition) is 19. The molecule has 0 aromatic carbocycles. The number of nitrogens with one attached hydrogen (secondary N) is 3. The predicted molar refractivity (Wildman–Crippen MR) is 285 cm³/mol. The van der Waals surface area contributed by atoms with Crippen molar-refractivity contribution in [2.45, 2.75) is 199 Å². The van der Waals surface area contributed by atoms with Crippen LogP contribution in [0.25, 0.3) is 11.0 Å². The van der Waals surface area contributed by atoms with E-state index in [-0.39, 0.29) is 54.0 Å². The van der Waals surface area contributed by atoms with Crippen molar-refractivity contribution >= 4 is 40.7 Å². The molecule has 22 nitrogen and oxygen atoms in total. The minimum atomic E-state index is -1.41.